The molecule has 0 aliphatic carbocycles. The van der Waals surface area contributed by atoms with E-state index in [0.717, 1.165) is 20.3 Å². The third kappa shape index (κ3) is 5.12. The van der Waals surface area contributed by atoms with Crippen LogP contribution in [0.4, 0.5) is 5.69 Å². The zero-order valence-corrected chi connectivity index (χ0v) is 19.1. The molecule has 1 N–H and O–H groups in total. The number of aryl methyl sites for hydroxylation is 1. The predicted molar refractivity (Wildman–Crippen MR) is 122 cm³/mol. The Labute approximate surface area is 184 Å². The quantitative estimate of drug-likeness (QED) is 0.320. The van der Waals surface area contributed by atoms with Gasteiger partial charge in [0.2, 0.25) is 5.91 Å². The highest BCUT2D eigenvalue weighted by atomic mass is 79.9. The molecule has 28 heavy (non-hydrogen) atoms. The van der Waals surface area contributed by atoms with E-state index in [4.69, 9.17) is 0 Å². The first-order valence-corrected chi connectivity index (χ1v) is 11.0. The molecule has 1 heterocycles. The largest absolute Gasteiger partial charge is 0.324 e. The van der Waals surface area contributed by atoms with Gasteiger partial charge in [0.05, 0.1) is 11.4 Å². The lowest BCUT2D eigenvalue weighted by Gasteiger charge is -2.09. The molecule has 0 atom stereocenters. The van der Waals surface area contributed by atoms with E-state index in [9.17, 15) is 4.79 Å². The second-order valence-corrected chi connectivity index (χ2v) is 8.75. The zero-order valence-electron chi connectivity index (χ0n) is 15.2. The van der Waals surface area contributed by atoms with Gasteiger partial charge < -0.3 is 5.32 Å². The van der Waals surface area contributed by atoms with Gasteiger partial charge in [0.1, 0.15) is 0 Å². The van der Waals surface area contributed by atoms with Gasteiger partial charge in [0.15, 0.2) is 11.0 Å². The van der Waals surface area contributed by atoms with E-state index in [-0.39, 0.29) is 11.7 Å². The van der Waals surface area contributed by atoms with Crippen LogP contribution in [0.25, 0.3) is 11.4 Å². The Balaban J connectivity index is 1.73. The maximum atomic E-state index is 12.4. The number of nitrogens with zero attached hydrogens (tertiary/aromatic N) is 3. The number of rotatable bonds is 7. The van der Waals surface area contributed by atoms with Gasteiger partial charge in [-0.05, 0) is 41.1 Å². The van der Waals surface area contributed by atoms with Gasteiger partial charge in [0.25, 0.3) is 0 Å². The molecule has 1 aromatic heterocycles. The van der Waals surface area contributed by atoms with Crippen LogP contribution in [0.3, 0.4) is 0 Å². The van der Waals surface area contributed by atoms with E-state index < -0.39 is 0 Å². The van der Waals surface area contributed by atoms with E-state index in [1.165, 1.54) is 17.3 Å². The van der Waals surface area contributed by atoms with E-state index in [1.807, 2.05) is 54.0 Å². The summed E-state index contributed by atoms with van der Waals surface area (Å²) in [7, 11) is 0. The molecule has 0 aliphatic rings. The molecule has 8 heteroatoms. The SMILES string of the molecule is C=CCn1c(SCC(=O)Nc2cc(Br)ccc2Br)nnc1-c1ccc(C)cc1. The first-order valence-electron chi connectivity index (χ1n) is 8.46. The summed E-state index contributed by atoms with van der Waals surface area (Å²) < 4.78 is 3.68. The van der Waals surface area contributed by atoms with Crippen LogP contribution in [0, 0.1) is 6.92 Å². The molecular formula is C20H18Br2N4OS. The Kier molecular flexibility index (Phi) is 7.09. The summed E-state index contributed by atoms with van der Waals surface area (Å²) in [6, 6.07) is 13.7. The van der Waals surface area contributed by atoms with Crippen molar-refractivity contribution in [3.05, 3.63) is 69.6 Å². The molecule has 0 unspecified atom stereocenters. The predicted octanol–water partition coefficient (Wildman–Crippen LogP) is 5.70. The Morgan fingerprint density at radius 1 is 1.21 bits per heavy atom. The highest BCUT2D eigenvalue weighted by Crippen LogP contribution is 2.27. The molecule has 0 saturated heterocycles. The number of carbonyl (C=O) groups excluding carboxylic acids is 1. The fourth-order valence-corrected chi connectivity index (χ4v) is 3.97. The topological polar surface area (TPSA) is 59.8 Å². The van der Waals surface area contributed by atoms with Crippen LogP contribution < -0.4 is 5.32 Å². The molecule has 0 radical (unpaired) electrons. The Bertz CT molecular complexity index is 1000. The average Bonchev–Trinajstić information content (AvgIpc) is 3.07. The van der Waals surface area contributed by atoms with Crippen LogP contribution in [0.15, 0.2) is 69.2 Å². The summed E-state index contributed by atoms with van der Waals surface area (Å²) in [5, 5.41) is 12.2. The minimum Gasteiger partial charge on any atom is -0.324 e. The molecule has 0 aliphatic heterocycles. The fourth-order valence-electron chi connectivity index (χ4n) is 2.52. The molecule has 1 amide bonds. The van der Waals surface area contributed by atoms with Crippen LogP contribution in [-0.4, -0.2) is 26.4 Å². The lowest BCUT2D eigenvalue weighted by atomic mass is 10.1. The van der Waals surface area contributed by atoms with Crippen molar-refractivity contribution < 1.29 is 4.79 Å². The smallest absolute Gasteiger partial charge is 0.234 e. The summed E-state index contributed by atoms with van der Waals surface area (Å²) in [5.41, 5.74) is 2.88. The molecule has 5 nitrogen and oxygen atoms in total. The molecule has 144 valence electrons. The summed E-state index contributed by atoms with van der Waals surface area (Å²) in [6.45, 7) is 6.43. The standard InChI is InChI=1S/C20H18Br2N4OS/c1-3-10-26-19(14-6-4-13(2)5-7-14)24-25-20(26)28-12-18(27)23-17-11-15(21)8-9-16(17)22/h3-9,11H,1,10,12H2,2H3,(H,23,27). The van der Waals surface area contributed by atoms with Crippen molar-refractivity contribution in [2.75, 3.05) is 11.1 Å². The minimum atomic E-state index is -0.117. The Hall–Kier alpha value is -1.90. The summed E-state index contributed by atoms with van der Waals surface area (Å²) in [4.78, 5) is 12.4. The number of nitrogens with one attached hydrogen (secondary N) is 1. The van der Waals surface area contributed by atoms with E-state index in [0.29, 0.717) is 17.4 Å². The number of hydrogen-bond acceptors (Lipinski definition) is 4. The fraction of sp³-hybridized carbons (Fsp3) is 0.150. The van der Waals surface area contributed by atoms with Crippen LogP contribution in [-0.2, 0) is 11.3 Å². The minimum absolute atomic E-state index is 0.117. The van der Waals surface area contributed by atoms with Crippen molar-refractivity contribution in [2.45, 2.75) is 18.6 Å². The van der Waals surface area contributed by atoms with Crippen molar-refractivity contribution in [2.24, 2.45) is 0 Å². The van der Waals surface area contributed by atoms with Gasteiger partial charge in [0, 0.05) is 21.1 Å². The third-order valence-corrected chi connectivity index (χ3v) is 6.02. The first kappa shape index (κ1) is 20.8. The van der Waals surface area contributed by atoms with E-state index >= 15 is 0 Å². The summed E-state index contributed by atoms with van der Waals surface area (Å²) in [5.74, 6) is 0.869. The van der Waals surface area contributed by atoms with E-state index in [1.54, 1.807) is 6.08 Å². The number of amides is 1. The monoisotopic (exact) mass is 520 g/mol. The molecule has 0 fully saturated rings. The second-order valence-electron chi connectivity index (χ2n) is 6.03. The highest BCUT2D eigenvalue weighted by Gasteiger charge is 2.15. The molecule has 3 aromatic rings. The van der Waals surface area contributed by atoms with Crippen molar-refractivity contribution in [1.29, 1.82) is 0 Å². The molecule has 0 saturated carbocycles. The number of carbonyl (C=O) groups is 1. The average molecular weight is 522 g/mol. The van der Waals surface area contributed by atoms with Gasteiger partial charge in [-0.3, -0.25) is 9.36 Å². The number of thioether (sulfide) groups is 1. The van der Waals surface area contributed by atoms with Crippen LogP contribution >= 0.6 is 43.6 Å². The Morgan fingerprint density at radius 2 is 1.96 bits per heavy atom. The summed E-state index contributed by atoms with van der Waals surface area (Å²) in [6.07, 6.45) is 1.80. The van der Waals surface area contributed by atoms with Crippen molar-refractivity contribution in [3.63, 3.8) is 0 Å². The highest BCUT2D eigenvalue weighted by molar-refractivity contribution is 9.11. The summed E-state index contributed by atoms with van der Waals surface area (Å²) >= 11 is 8.20. The lowest BCUT2D eigenvalue weighted by molar-refractivity contribution is -0.113. The molecule has 3 rings (SSSR count). The van der Waals surface area contributed by atoms with Crippen molar-refractivity contribution in [3.8, 4) is 11.4 Å². The lowest BCUT2D eigenvalue weighted by Crippen LogP contribution is -2.15. The van der Waals surface area contributed by atoms with Gasteiger partial charge in [-0.15, -0.1) is 16.8 Å². The molecule has 2 aromatic carbocycles. The maximum Gasteiger partial charge on any atom is 0.234 e. The van der Waals surface area contributed by atoms with Crippen LogP contribution in [0.1, 0.15) is 5.56 Å². The zero-order chi connectivity index (χ0) is 20.1. The number of halogens is 2. The number of aromatic nitrogens is 3. The normalized spacial score (nSPS) is 10.7. The molecular weight excluding hydrogens is 504 g/mol. The van der Waals surface area contributed by atoms with Crippen LogP contribution in [0.5, 0.6) is 0 Å². The van der Waals surface area contributed by atoms with Gasteiger partial charge >= 0.3 is 0 Å². The van der Waals surface area contributed by atoms with Gasteiger partial charge in [-0.2, -0.15) is 0 Å². The molecule has 0 spiro atoms. The Morgan fingerprint density at radius 3 is 2.68 bits per heavy atom. The maximum absolute atomic E-state index is 12.4. The third-order valence-electron chi connectivity index (χ3n) is 3.87. The van der Waals surface area contributed by atoms with Crippen molar-refractivity contribution >= 4 is 55.2 Å². The van der Waals surface area contributed by atoms with Crippen LogP contribution in [0.2, 0.25) is 0 Å². The van der Waals surface area contributed by atoms with Gasteiger partial charge in [-0.25, -0.2) is 0 Å². The molecule has 0 bridgehead atoms. The number of benzene rings is 2. The number of anilines is 1. The first-order chi connectivity index (χ1) is 13.5. The van der Waals surface area contributed by atoms with Crippen molar-refractivity contribution in [1.82, 2.24) is 14.8 Å². The number of allylic oxidation sites excluding steroid dienone is 1. The van der Waals surface area contributed by atoms with Gasteiger partial charge in [-0.1, -0.05) is 63.6 Å². The number of hydrogen-bond donors (Lipinski definition) is 1. The second kappa shape index (κ2) is 9.54. The van der Waals surface area contributed by atoms with E-state index in [2.05, 4.69) is 54.0 Å².